The van der Waals surface area contributed by atoms with Crippen LogP contribution in [0.15, 0.2) is 30.6 Å². The zero-order valence-electron chi connectivity index (χ0n) is 18.9. The molecule has 8 heteroatoms. The third-order valence-corrected chi connectivity index (χ3v) is 4.27. The van der Waals surface area contributed by atoms with Gasteiger partial charge in [0.05, 0.1) is 32.5 Å². The summed E-state index contributed by atoms with van der Waals surface area (Å²) in [6.07, 6.45) is 5.63. The summed E-state index contributed by atoms with van der Waals surface area (Å²) in [4.78, 5) is 32.4. The number of hydrogen-bond acceptors (Lipinski definition) is 7. The first kappa shape index (κ1) is 24.1. The van der Waals surface area contributed by atoms with Crippen molar-refractivity contribution in [1.29, 1.82) is 0 Å². The first-order valence-corrected chi connectivity index (χ1v) is 10.2. The van der Waals surface area contributed by atoms with Gasteiger partial charge < -0.3 is 19.5 Å². The lowest BCUT2D eigenvalue weighted by Crippen LogP contribution is -2.24. The van der Waals surface area contributed by atoms with Crippen LogP contribution in [0.2, 0.25) is 0 Å². The molecule has 0 saturated heterocycles. The fraction of sp³-hybridized carbons (Fsp3) is 0.478. The maximum absolute atomic E-state index is 12.1. The smallest absolute Gasteiger partial charge is 0.306 e. The van der Waals surface area contributed by atoms with E-state index in [1.165, 1.54) is 6.20 Å². The molecule has 1 aromatic carbocycles. The Kier molecular flexibility index (Phi) is 8.78. The van der Waals surface area contributed by atoms with Crippen LogP contribution in [0.4, 0.5) is 5.82 Å². The topological polar surface area (TPSA) is 99.6 Å². The molecule has 0 unspecified atom stereocenters. The predicted octanol–water partition coefficient (Wildman–Crippen LogP) is 3.73. The summed E-state index contributed by atoms with van der Waals surface area (Å²) in [7, 11) is 3.23. The molecule has 1 aromatic heterocycles. The highest BCUT2D eigenvalue weighted by molar-refractivity contribution is 5.91. The molecule has 8 nitrogen and oxygen atoms in total. The summed E-state index contributed by atoms with van der Waals surface area (Å²) in [5, 5.41) is 2.69. The van der Waals surface area contributed by atoms with E-state index in [0.29, 0.717) is 23.7 Å². The van der Waals surface area contributed by atoms with Gasteiger partial charge in [-0.25, -0.2) is 4.98 Å². The van der Waals surface area contributed by atoms with E-state index in [-0.39, 0.29) is 18.7 Å². The van der Waals surface area contributed by atoms with E-state index >= 15 is 0 Å². The molecule has 1 heterocycles. The minimum absolute atomic E-state index is 0.0154. The fourth-order valence-corrected chi connectivity index (χ4v) is 2.91. The lowest BCUT2D eigenvalue weighted by atomic mass is 10.1. The van der Waals surface area contributed by atoms with Crippen LogP contribution in [0, 0.1) is 0 Å². The standard InChI is InChI=1S/C23H31N3O5/c1-23(2,3)31-22(28)12-11-21(27)26-20-15-24-14-17(25-20)8-6-7-16-9-10-18(29-4)19(13-16)30-5/h9-10,13-15H,6-8,11-12H2,1-5H3,(H,25,26,27). The summed E-state index contributed by atoms with van der Waals surface area (Å²) >= 11 is 0. The van der Waals surface area contributed by atoms with Crippen LogP contribution >= 0.6 is 0 Å². The van der Waals surface area contributed by atoms with E-state index in [1.807, 2.05) is 18.2 Å². The lowest BCUT2D eigenvalue weighted by Gasteiger charge is -2.19. The molecule has 0 radical (unpaired) electrons. The Hall–Kier alpha value is -3.16. The molecule has 168 valence electrons. The number of aromatic nitrogens is 2. The third kappa shape index (κ3) is 8.62. The minimum Gasteiger partial charge on any atom is -0.493 e. The molecule has 0 bridgehead atoms. The van der Waals surface area contributed by atoms with Gasteiger partial charge in [0.25, 0.3) is 0 Å². The Morgan fingerprint density at radius 2 is 1.74 bits per heavy atom. The molecule has 1 N–H and O–H groups in total. The summed E-state index contributed by atoms with van der Waals surface area (Å²) in [5.74, 6) is 1.07. The highest BCUT2D eigenvalue weighted by Gasteiger charge is 2.17. The molecule has 2 rings (SSSR count). The van der Waals surface area contributed by atoms with Gasteiger partial charge in [0.1, 0.15) is 5.60 Å². The molecule has 0 saturated carbocycles. The van der Waals surface area contributed by atoms with E-state index in [4.69, 9.17) is 14.2 Å². The number of anilines is 1. The highest BCUT2D eigenvalue weighted by Crippen LogP contribution is 2.28. The number of ether oxygens (including phenoxy) is 3. The SMILES string of the molecule is COc1ccc(CCCc2cncc(NC(=O)CCC(=O)OC(C)(C)C)n2)cc1OC. The van der Waals surface area contributed by atoms with Gasteiger partial charge in [-0.3, -0.25) is 14.6 Å². The van der Waals surface area contributed by atoms with Gasteiger partial charge in [-0.1, -0.05) is 6.07 Å². The van der Waals surface area contributed by atoms with Gasteiger partial charge in [0, 0.05) is 12.6 Å². The molecular formula is C23H31N3O5. The molecule has 1 amide bonds. The van der Waals surface area contributed by atoms with Crippen LogP contribution in [0.1, 0.15) is 51.3 Å². The van der Waals surface area contributed by atoms with Crippen LogP contribution < -0.4 is 14.8 Å². The second-order valence-electron chi connectivity index (χ2n) is 8.07. The summed E-state index contributed by atoms with van der Waals surface area (Å²) in [6, 6.07) is 5.86. The van der Waals surface area contributed by atoms with Crippen molar-refractivity contribution in [3.8, 4) is 11.5 Å². The Balaban J connectivity index is 1.82. The van der Waals surface area contributed by atoms with Gasteiger partial charge >= 0.3 is 5.97 Å². The number of carbonyl (C=O) groups is 2. The van der Waals surface area contributed by atoms with Crippen molar-refractivity contribution in [2.24, 2.45) is 0 Å². The summed E-state index contributed by atoms with van der Waals surface area (Å²) < 4.78 is 15.8. The van der Waals surface area contributed by atoms with Crippen molar-refractivity contribution in [3.05, 3.63) is 41.9 Å². The van der Waals surface area contributed by atoms with E-state index < -0.39 is 11.6 Å². The number of amides is 1. The second kappa shape index (κ2) is 11.3. The number of benzene rings is 1. The minimum atomic E-state index is -0.565. The number of nitrogens with zero attached hydrogens (tertiary/aromatic N) is 2. The van der Waals surface area contributed by atoms with E-state index in [1.54, 1.807) is 41.2 Å². The summed E-state index contributed by atoms with van der Waals surface area (Å²) in [6.45, 7) is 5.37. The normalized spacial score (nSPS) is 11.0. The maximum atomic E-state index is 12.1. The maximum Gasteiger partial charge on any atom is 0.306 e. The monoisotopic (exact) mass is 429 g/mol. The number of hydrogen-bond donors (Lipinski definition) is 1. The summed E-state index contributed by atoms with van der Waals surface area (Å²) in [5.41, 5.74) is 1.35. The first-order valence-electron chi connectivity index (χ1n) is 10.2. The van der Waals surface area contributed by atoms with Gasteiger partial charge in [-0.05, 0) is 57.7 Å². The van der Waals surface area contributed by atoms with Crippen molar-refractivity contribution < 1.29 is 23.8 Å². The fourth-order valence-electron chi connectivity index (χ4n) is 2.91. The van der Waals surface area contributed by atoms with Crippen LogP contribution in [0.3, 0.4) is 0 Å². The van der Waals surface area contributed by atoms with Crippen LogP contribution in [0.5, 0.6) is 11.5 Å². The number of aryl methyl sites for hydroxylation is 2. The van der Waals surface area contributed by atoms with E-state index in [9.17, 15) is 9.59 Å². The average molecular weight is 430 g/mol. The molecule has 2 aromatic rings. The van der Waals surface area contributed by atoms with Gasteiger partial charge in [-0.2, -0.15) is 0 Å². The second-order valence-corrected chi connectivity index (χ2v) is 8.07. The predicted molar refractivity (Wildman–Crippen MR) is 117 cm³/mol. The Bertz CT molecular complexity index is 893. The molecule has 0 spiro atoms. The molecule has 0 aliphatic carbocycles. The lowest BCUT2D eigenvalue weighted by molar-refractivity contribution is -0.155. The van der Waals surface area contributed by atoms with Crippen LogP contribution in [-0.2, 0) is 27.2 Å². The van der Waals surface area contributed by atoms with Crippen molar-refractivity contribution in [2.75, 3.05) is 19.5 Å². The van der Waals surface area contributed by atoms with Crippen LogP contribution in [0.25, 0.3) is 0 Å². The number of esters is 1. The number of carbonyl (C=O) groups excluding carboxylic acids is 2. The van der Waals surface area contributed by atoms with Crippen molar-refractivity contribution in [3.63, 3.8) is 0 Å². The molecule has 0 atom stereocenters. The average Bonchev–Trinajstić information content (AvgIpc) is 2.71. The van der Waals surface area contributed by atoms with Crippen molar-refractivity contribution >= 4 is 17.7 Å². The van der Waals surface area contributed by atoms with Crippen molar-refractivity contribution in [2.45, 2.75) is 58.5 Å². The Labute approximate surface area is 183 Å². The van der Waals surface area contributed by atoms with E-state index in [0.717, 1.165) is 24.1 Å². The first-order chi connectivity index (χ1) is 14.7. The molecule has 0 aliphatic heterocycles. The Morgan fingerprint density at radius 3 is 2.42 bits per heavy atom. The number of rotatable bonds is 10. The highest BCUT2D eigenvalue weighted by atomic mass is 16.6. The molecule has 31 heavy (non-hydrogen) atoms. The molecule has 0 aliphatic rings. The number of nitrogens with one attached hydrogen (secondary N) is 1. The molecule has 0 fully saturated rings. The van der Waals surface area contributed by atoms with Crippen molar-refractivity contribution in [1.82, 2.24) is 9.97 Å². The quantitative estimate of drug-likeness (QED) is 0.575. The largest absolute Gasteiger partial charge is 0.493 e. The number of methoxy groups -OCH3 is 2. The van der Waals surface area contributed by atoms with E-state index in [2.05, 4.69) is 15.3 Å². The third-order valence-electron chi connectivity index (χ3n) is 4.27. The van der Waals surface area contributed by atoms with Gasteiger partial charge in [0.15, 0.2) is 17.3 Å². The molecular weight excluding hydrogens is 398 g/mol. The van der Waals surface area contributed by atoms with Crippen LogP contribution in [-0.4, -0.2) is 41.7 Å². The zero-order chi connectivity index (χ0) is 22.9. The van der Waals surface area contributed by atoms with Gasteiger partial charge in [-0.15, -0.1) is 0 Å². The Morgan fingerprint density at radius 1 is 1.00 bits per heavy atom. The van der Waals surface area contributed by atoms with Gasteiger partial charge in [0.2, 0.25) is 5.91 Å². The zero-order valence-corrected chi connectivity index (χ0v) is 18.9.